The summed E-state index contributed by atoms with van der Waals surface area (Å²) in [6.45, 7) is 0. The molecule has 22 heavy (non-hydrogen) atoms. The first kappa shape index (κ1) is 13.9. The molecule has 3 heteroatoms. The summed E-state index contributed by atoms with van der Waals surface area (Å²) in [7, 11) is 0. The Morgan fingerprint density at radius 3 is 2.32 bits per heavy atom. The lowest BCUT2D eigenvalue weighted by atomic mass is 10.0. The number of hydrogen-bond donors (Lipinski definition) is 1. The van der Waals surface area contributed by atoms with Crippen molar-refractivity contribution >= 4 is 11.5 Å². The second kappa shape index (κ2) is 6.14. The lowest BCUT2D eigenvalue weighted by Gasteiger charge is -2.11. The molecule has 3 aromatic carbocycles. The summed E-state index contributed by atoms with van der Waals surface area (Å²) in [4.78, 5) is 12.6. The van der Waals surface area contributed by atoms with Crippen molar-refractivity contribution in [1.29, 1.82) is 0 Å². The van der Waals surface area contributed by atoms with Crippen LogP contribution in [-0.2, 0) is 0 Å². The van der Waals surface area contributed by atoms with Crippen molar-refractivity contribution in [3.8, 4) is 11.5 Å². The highest BCUT2D eigenvalue weighted by Crippen LogP contribution is 2.28. The molecule has 0 radical (unpaired) electrons. The van der Waals surface area contributed by atoms with Crippen LogP contribution in [0.2, 0.25) is 0 Å². The molecule has 0 amide bonds. The van der Waals surface area contributed by atoms with Crippen molar-refractivity contribution in [2.24, 2.45) is 0 Å². The van der Waals surface area contributed by atoms with Crippen LogP contribution in [0, 0.1) is 0 Å². The van der Waals surface area contributed by atoms with E-state index < -0.39 is 0 Å². The molecule has 0 atom stereocenters. The van der Waals surface area contributed by atoms with E-state index in [-0.39, 0.29) is 5.78 Å². The second-order valence-electron chi connectivity index (χ2n) is 4.87. The molecule has 0 fully saturated rings. The van der Waals surface area contributed by atoms with E-state index in [0.29, 0.717) is 28.3 Å². The third kappa shape index (κ3) is 2.99. The maximum absolute atomic E-state index is 12.6. The third-order valence-electron chi connectivity index (χ3n) is 3.25. The Morgan fingerprint density at radius 2 is 1.55 bits per heavy atom. The third-order valence-corrected chi connectivity index (χ3v) is 3.25. The molecule has 0 aromatic heterocycles. The van der Waals surface area contributed by atoms with Gasteiger partial charge < -0.3 is 10.5 Å². The summed E-state index contributed by atoms with van der Waals surface area (Å²) in [6.07, 6.45) is 0. The fourth-order valence-electron chi connectivity index (χ4n) is 2.19. The van der Waals surface area contributed by atoms with Gasteiger partial charge in [0.25, 0.3) is 0 Å². The molecule has 3 aromatic rings. The molecule has 0 saturated carbocycles. The van der Waals surface area contributed by atoms with E-state index in [2.05, 4.69) is 0 Å². The van der Waals surface area contributed by atoms with Gasteiger partial charge in [0, 0.05) is 17.3 Å². The second-order valence-corrected chi connectivity index (χ2v) is 4.87. The van der Waals surface area contributed by atoms with E-state index in [1.54, 1.807) is 42.5 Å². The lowest BCUT2D eigenvalue weighted by molar-refractivity contribution is 0.103. The zero-order chi connectivity index (χ0) is 15.4. The largest absolute Gasteiger partial charge is 0.457 e. The highest BCUT2D eigenvalue weighted by atomic mass is 16.5. The van der Waals surface area contributed by atoms with E-state index in [9.17, 15) is 4.79 Å². The van der Waals surface area contributed by atoms with Gasteiger partial charge in [-0.2, -0.15) is 0 Å². The van der Waals surface area contributed by atoms with E-state index >= 15 is 0 Å². The predicted octanol–water partition coefficient (Wildman–Crippen LogP) is 4.29. The monoisotopic (exact) mass is 289 g/mol. The summed E-state index contributed by atoms with van der Waals surface area (Å²) >= 11 is 0. The Hall–Kier alpha value is -3.07. The molecule has 0 spiro atoms. The molecule has 0 heterocycles. The Labute approximate surface area is 129 Å². The maximum atomic E-state index is 12.6. The number of rotatable bonds is 4. The van der Waals surface area contributed by atoms with Crippen LogP contribution < -0.4 is 10.5 Å². The highest BCUT2D eigenvalue weighted by Gasteiger charge is 2.14. The van der Waals surface area contributed by atoms with E-state index in [1.165, 1.54) is 0 Å². The Balaban J connectivity index is 1.95. The number of benzene rings is 3. The number of hydrogen-bond acceptors (Lipinski definition) is 3. The van der Waals surface area contributed by atoms with Crippen LogP contribution in [-0.4, -0.2) is 5.78 Å². The molecule has 2 N–H and O–H groups in total. The summed E-state index contributed by atoms with van der Waals surface area (Å²) < 4.78 is 5.83. The van der Waals surface area contributed by atoms with E-state index in [4.69, 9.17) is 10.5 Å². The van der Waals surface area contributed by atoms with Gasteiger partial charge in [-0.1, -0.05) is 48.5 Å². The average Bonchev–Trinajstić information content (AvgIpc) is 2.56. The van der Waals surface area contributed by atoms with Crippen LogP contribution in [0.25, 0.3) is 0 Å². The number of nitrogens with two attached hydrogens (primary N) is 1. The first-order valence-corrected chi connectivity index (χ1v) is 6.96. The van der Waals surface area contributed by atoms with Gasteiger partial charge in [0.2, 0.25) is 0 Å². The number of ketones is 1. The molecule has 3 rings (SSSR count). The Morgan fingerprint density at radius 1 is 0.818 bits per heavy atom. The fourth-order valence-corrected chi connectivity index (χ4v) is 2.19. The first-order chi connectivity index (χ1) is 10.7. The van der Waals surface area contributed by atoms with Gasteiger partial charge in [0.15, 0.2) is 5.78 Å². The minimum Gasteiger partial charge on any atom is -0.457 e. The van der Waals surface area contributed by atoms with Crippen LogP contribution in [0.3, 0.4) is 0 Å². The number of anilines is 1. The smallest absolute Gasteiger partial charge is 0.196 e. The number of nitrogen functional groups attached to an aromatic ring is 1. The number of carbonyl (C=O) groups excluding carboxylic acids is 1. The maximum Gasteiger partial charge on any atom is 0.196 e. The minimum absolute atomic E-state index is 0.0693. The molecule has 0 bridgehead atoms. The molecule has 0 aliphatic rings. The van der Waals surface area contributed by atoms with Crippen LogP contribution in [0.15, 0.2) is 78.9 Å². The normalized spacial score (nSPS) is 10.2. The first-order valence-electron chi connectivity index (χ1n) is 6.96. The van der Waals surface area contributed by atoms with Crippen LogP contribution in [0.1, 0.15) is 15.9 Å². The summed E-state index contributed by atoms with van der Waals surface area (Å²) in [5.74, 6) is 1.05. The van der Waals surface area contributed by atoms with Gasteiger partial charge in [-0.3, -0.25) is 4.79 Å². The zero-order valence-electron chi connectivity index (χ0n) is 11.9. The lowest BCUT2D eigenvalue weighted by Crippen LogP contribution is -2.03. The van der Waals surface area contributed by atoms with Gasteiger partial charge in [-0.05, 0) is 24.3 Å². The topological polar surface area (TPSA) is 52.3 Å². The predicted molar refractivity (Wildman–Crippen MR) is 87.2 cm³/mol. The van der Waals surface area contributed by atoms with Crippen LogP contribution in [0.5, 0.6) is 11.5 Å². The van der Waals surface area contributed by atoms with Gasteiger partial charge >= 0.3 is 0 Å². The SMILES string of the molecule is Nc1cccc(Oc2ccccc2C(=O)c2ccccc2)c1. The van der Waals surface area contributed by atoms with Crippen molar-refractivity contribution in [2.75, 3.05) is 5.73 Å². The molecule has 0 saturated heterocycles. The Bertz CT molecular complexity index is 797. The molecule has 0 unspecified atom stereocenters. The summed E-state index contributed by atoms with van der Waals surface area (Å²) in [6, 6.07) is 23.5. The number of para-hydroxylation sites is 1. The number of carbonyl (C=O) groups is 1. The van der Waals surface area contributed by atoms with Gasteiger partial charge in [0.05, 0.1) is 5.56 Å². The van der Waals surface area contributed by atoms with Crippen LogP contribution in [0.4, 0.5) is 5.69 Å². The zero-order valence-corrected chi connectivity index (χ0v) is 11.9. The van der Waals surface area contributed by atoms with Gasteiger partial charge in [-0.15, -0.1) is 0 Å². The van der Waals surface area contributed by atoms with Gasteiger partial charge in [0.1, 0.15) is 11.5 Å². The average molecular weight is 289 g/mol. The standard InChI is InChI=1S/C19H15NO2/c20-15-9-6-10-16(13-15)22-18-12-5-4-11-17(18)19(21)14-7-2-1-3-8-14/h1-13H,20H2. The molecular weight excluding hydrogens is 274 g/mol. The highest BCUT2D eigenvalue weighted by molar-refractivity contribution is 6.10. The quantitative estimate of drug-likeness (QED) is 0.575. The van der Waals surface area contributed by atoms with Gasteiger partial charge in [-0.25, -0.2) is 0 Å². The molecule has 108 valence electrons. The van der Waals surface area contributed by atoms with Crippen molar-refractivity contribution in [3.05, 3.63) is 90.0 Å². The van der Waals surface area contributed by atoms with Crippen molar-refractivity contribution in [2.45, 2.75) is 0 Å². The van der Waals surface area contributed by atoms with Crippen molar-refractivity contribution in [1.82, 2.24) is 0 Å². The summed E-state index contributed by atoms with van der Waals surface area (Å²) in [5.41, 5.74) is 7.52. The number of ether oxygens (including phenoxy) is 1. The Kier molecular flexibility index (Phi) is 3.88. The summed E-state index contributed by atoms with van der Waals surface area (Å²) in [5, 5.41) is 0. The molecular formula is C19H15NO2. The molecule has 0 aliphatic heterocycles. The van der Waals surface area contributed by atoms with E-state index in [1.807, 2.05) is 36.4 Å². The van der Waals surface area contributed by atoms with Crippen molar-refractivity contribution in [3.63, 3.8) is 0 Å². The minimum atomic E-state index is -0.0693. The van der Waals surface area contributed by atoms with E-state index in [0.717, 1.165) is 0 Å². The molecule has 0 aliphatic carbocycles. The van der Waals surface area contributed by atoms with Crippen molar-refractivity contribution < 1.29 is 9.53 Å². The fraction of sp³-hybridized carbons (Fsp3) is 0. The van der Waals surface area contributed by atoms with Crippen LogP contribution >= 0.6 is 0 Å². The molecule has 3 nitrogen and oxygen atoms in total.